The largest absolute Gasteiger partial charge is 0.383 e. The minimum Gasteiger partial charge on any atom is -0.383 e. The van der Waals surface area contributed by atoms with E-state index in [9.17, 15) is 19.2 Å². The van der Waals surface area contributed by atoms with E-state index in [0.717, 1.165) is 10.5 Å². The highest BCUT2D eigenvalue weighted by atomic mass is 16.2. The van der Waals surface area contributed by atoms with Gasteiger partial charge in [-0.25, -0.2) is 4.79 Å². The molecular weight excluding hydrogens is 388 g/mol. The summed E-state index contributed by atoms with van der Waals surface area (Å²) in [5.74, 6) is 1.44. The highest BCUT2D eigenvalue weighted by Gasteiger charge is 2.24. The van der Waals surface area contributed by atoms with Crippen molar-refractivity contribution in [1.82, 2.24) is 14.9 Å². The number of nitrogens with zero attached hydrogens (tertiary/aromatic N) is 2. The molecular formula is C20H25N6O4+. The van der Waals surface area contributed by atoms with Gasteiger partial charge in [0.05, 0.1) is 20.1 Å². The van der Waals surface area contributed by atoms with E-state index in [1.165, 1.54) is 11.6 Å². The summed E-state index contributed by atoms with van der Waals surface area (Å²) in [5, 5.41) is 2.52. The predicted molar refractivity (Wildman–Crippen MR) is 113 cm³/mol. The van der Waals surface area contributed by atoms with Gasteiger partial charge in [0.2, 0.25) is 0 Å². The number of aromatic amines is 1. The number of nitrogens with one attached hydrogen (secondary N) is 3. The van der Waals surface area contributed by atoms with Gasteiger partial charge >= 0.3 is 5.69 Å². The molecule has 0 saturated heterocycles. The molecule has 5 N–H and O–H groups in total. The van der Waals surface area contributed by atoms with Gasteiger partial charge in [0.15, 0.2) is 18.8 Å². The molecule has 158 valence electrons. The van der Waals surface area contributed by atoms with Crippen LogP contribution in [0.4, 0.5) is 11.5 Å². The molecule has 0 saturated carbocycles. The zero-order valence-corrected chi connectivity index (χ0v) is 16.9. The van der Waals surface area contributed by atoms with Gasteiger partial charge in [-0.2, -0.15) is 0 Å². The number of carbonyl (C=O) groups excluding carboxylic acids is 2. The SMILES string of the molecule is C#CCNC(=O)C[NH+](C)CC(=O)N(C)c1c(N)n(Cc2ccccc2)c(=O)[nH]c1=O. The molecule has 10 heteroatoms. The van der Waals surface area contributed by atoms with Crippen LogP contribution in [0.1, 0.15) is 5.56 Å². The van der Waals surface area contributed by atoms with Gasteiger partial charge in [0, 0.05) is 7.05 Å². The van der Waals surface area contributed by atoms with Gasteiger partial charge in [-0.1, -0.05) is 36.3 Å². The van der Waals surface area contributed by atoms with Crippen LogP contribution in [0.25, 0.3) is 0 Å². The van der Waals surface area contributed by atoms with E-state index < -0.39 is 17.2 Å². The summed E-state index contributed by atoms with van der Waals surface area (Å²) in [7, 11) is 3.05. The van der Waals surface area contributed by atoms with E-state index in [1.54, 1.807) is 7.05 Å². The van der Waals surface area contributed by atoms with Crippen molar-refractivity contribution in [3.63, 3.8) is 0 Å². The molecule has 2 aromatic rings. The number of H-pyrrole nitrogens is 1. The third kappa shape index (κ3) is 5.59. The number of nitrogen functional groups attached to an aromatic ring is 1. The number of amides is 2. The molecule has 0 spiro atoms. The van der Waals surface area contributed by atoms with Gasteiger partial charge in [-0.15, -0.1) is 6.42 Å². The number of aromatic nitrogens is 2. The molecule has 0 bridgehead atoms. The molecule has 1 aromatic carbocycles. The Morgan fingerprint density at radius 1 is 1.27 bits per heavy atom. The molecule has 1 aromatic heterocycles. The quantitative estimate of drug-likeness (QED) is 0.352. The standard InChI is InChI=1S/C20H24N6O4/c1-4-10-22-15(27)12-24(2)13-16(28)25(3)17-18(21)26(20(30)23-19(17)29)11-14-8-6-5-7-9-14/h1,5-9H,10-13,21H2,2-3H3,(H,22,27)(H,23,29,30)/p+1. The van der Waals surface area contributed by atoms with Crippen LogP contribution in [0.2, 0.25) is 0 Å². The van der Waals surface area contributed by atoms with Crippen LogP contribution < -0.4 is 32.1 Å². The van der Waals surface area contributed by atoms with Gasteiger partial charge in [0.1, 0.15) is 5.82 Å². The van der Waals surface area contributed by atoms with Crippen molar-refractivity contribution in [3.8, 4) is 12.3 Å². The number of quaternary nitrogens is 1. The number of benzene rings is 1. The van der Waals surface area contributed by atoms with Crippen LogP contribution in [0.5, 0.6) is 0 Å². The molecule has 0 fully saturated rings. The second kappa shape index (κ2) is 10.1. The van der Waals surface area contributed by atoms with Gasteiger partial charge in [0.25, 0.3) is 17.4 Å². The number of hydrogen-bond acceptors (Lipinski definition) is 5. The topological polar surface area (TPSA) is 135 Å². The minimum absolute atomic E-state index is 0.0284. The van der Waals surface area contributed by atoms with Crippen LogP contribution in [0.15, 0.2) is 39.9 Å². The van der Waals surface area contributed by atoms with Crippen molar-refractivity contribution in [1.29, 1.82) is 0 Å². The fraction of sp³-hybridized carbons (Fsp3) is 0.300. The first-order valence-corrected chi connectivity index (χ1v) is 9.19. The van der Waals surface area contributed by atoms with Crippen molar-refractivity contribution in [2.24, 2.45) is 0 Å². The van der Waals surface area contributed by atoms with Crippen LogP contribution >= 0.6 is 0 Å². The smallest absolute Gasteiger partial charge is 0.330 e. The summed E-state index contributed by atoms with van der Waals surface area (Å²) < 4.78 is 1.19. The molecule has 30 heavy (non-hydrogen) atoms. The number of carbonyl (C=O) groups is 2. The van der Waals surface area contributed by atoms with Gasteiger partial charge < -0.3 is 20.9 Å². The van der Waals surface area contributed by atoms with Crippen molar-refractivity contribution >= 4 is 23.3 Å². The summed E-state index contributed by atoms with van der Waals surface area (Å²) in [4.78, 5) is 52.9. The summed E-state index contributed by atoms with van der Waals surface area (Å²) in [6, 6.07) is 9.10. The van der Waals surface area contributed by atoms with E-state index in [4.69, 9.17) is 12.2 Å². The molecule has 0 aliphatic rings. The fourth-order valence-corrected chi connectivity index (χ4v) is 2.87. The predicted octanol–water partition coefficient (Wildman–Crippen LogP) is -2.61. The Hall–Kier alpha value is -3.84. The highest BCUT2D eigenvalue weighted by molar-refractivity contribution is 5.95. The van der Waals surface area contributed by atoms with Crippen LogP contribution in [-0.2, 0) is 16.1 Å². The van der Waals surface area contributed by atoms with Crippen molar-refractivity contribution in [3.05, 3.63) is 56.7 Å². The highest BCUT2D eigenvalue weighted by Crippen LogP contribution is 2.16. The Morgan fingerprint density at radius 3 is 2.57 bits per heavy atom. The van der Waals surface area contributed by atoms with Crippen LogP contribution in [0.3, 0.4) is 0 Å². The molecule has 1 heterocycles. The Bertz CT molecular complexity index is 1070. The molecule has 0 aliphatic carbocycles. The maximum atomic E-state index is 12.7. The van der Waals surface area contributed by atoms with Crippen molar-refractivity contribution in [2.45, 2.75) is 6.54 Å². The molecule has 2 rings (SSSR count). The van der Waals surface area contributed by atoms with Crippen molar-refractivity contribution in [2.75, 3.05) is 44.4 Å². The summed E-state index contributed by atoms with van der Waals surface area (Å²) in [6.07, 6.45) is 5.09. The summed E-state index contributed by atoms with van der Waals surface area (Å²) in [6.45, 7) is 0.198. The third-order valence-electron chi connectivity index (χ3n) is 4.41. The Kier molecular flexibility index (Phi) is 7.55. The zero-order valence-electron chi connectivity index (χ0n) is 16.9. The molecule has 0 radical (unpaired) electrons. The first-order valence-electron chi connectivity index (χ1n) is 9.19. The minimum atomic E-state index is -0.762. The summed E-state index contributed by atoms with van der Waals surface area (Å²) in [5.41, 5.74) is 5.35. The third-order valence-corrected chi connectivity index (χ3v) is 4.41. The Balaban J connectivity index is 2.21. The molecule has 10 nitrogen and oxygen atoms in total. The second-order valence-corrected chi connectivity index (χ2v) is 6.81. The number of nitrogens with two attached hydrogens (primary N) is 1. The molecule has 1 atom stereocenters. The lowest BCUT2D eigenvalue weighted by atomic mass is 10.2. The number of hydrogen-bond donors (Lipinski definition) is 4. The van der Waals surface area contributed by atoms with Crippen LogP contribution in [-0.4, -0.2) is 55.1 Å². The second-order valence-electron chi connectivity index (χ2n) is 6.81. The molecule has 1 unspecified atom stereocenters. The maximum absolute atomic E-state index is 12.7. The monoisotopic (exact) mass is 413 g/mol. The maximum Gasteiger partial charge on any atom is 0.330 e. The lowest BCUT2D eigenvalue weighted by Gasteiger charge is -2.21. The lowest BCUT2D eigenvalue weighted by Crippen LogP contribution is -3.11. The zero-order chi connectivity index (χ0) is 22.3. The summed E-state index contributed by atoms with van der Waals surface area (Å²) >= 11 is 0. The molecule has 0 aliphatic heterocycles. The Labute approximate surface area is 173 Å². The van der Waals surface area contributed by atoms with E-state index in [1.807, 2.05) is 30.3 Å². The van der Waals surface area contributed by atoms with Gasteiger partial charge in [-0.05, 0) is 5.56 Å². The normalized spacial score (nSPS) is 11.4. The van der Waals surface area contributed by atoms with E-state index in [-0.39, 0.29) is 43.6 Å². The Morgan fingerprint density at radius 2 is 1.93 bits per heavy atom. The van der Waals surface area contributed by atoms with Crippen molar-refractivity contribution < 1.29 is 14.5 Å². The first kappa shape index (κ1) is 22.4. The number of anilines is 2. The molecule has 2 amide bonds. The van der Waals surface area contributed by atoms with Gasteiger partial charge in [-0.3, -0.25) is 23.9 Å². The lowest BCUT2D eigenvalue weighted by molar-refractivity contribution is -0.862. The van der Waals surface area contributed by atoms with E-state index in [2.05, 4.69) is 16.2 Å². The number of likely N-dealkylation sites (N-methyl/N-ethyl adjacent to an activating group) is 2. The van der Waals surface area contributed by atoms with E-state index in [0.29, 0.717) is 4.90 Å². The van der Waals surface area contributed by atoms with Crippen LogP contribution in [0, 0.1) is 12.3 Å². The average molecular weight is 413 g/mol. The first-order chi connectivity index (χ1) is 14.2. The number of rotatable bonds is 8. The fourth-order valence-electron chi connectivity index (χ4n) is 2.87. The van der Waals surface area contributed by atoms with E-state index >= 15 is 0 Å². The average Bonchev–Trinajstić information content (AvgIpc) is 2.69. The number of terminal acetylenes is 1.